The van der Waals surface area contributed by atoms with Gasteiger partial charge in [-0.3, -0.25) is 9.69 Å². The molecule has 0 spiro atoms. The standard InChI is InChI=1S/C22H28N4O3/c1-3-13-25-21(27)17-7-5-6-8-18(17)26(22(25)28)14-19-23-20(24-29-19)16-11-9-15(4-2)10-12-16/h9-12,17-18H,3-8,13-14H2,1-2H3. The van der Waals surface area contributed by atoms with Crippen molar-refractivity contribution in [1.82, 2.24) is 19.9 Å². The van der Waals surface area contributed by atoms with Gasteiger partial charge in [0.1, 0.15) is 6.54 Å². The largest absolute Gasteiger partial charge is 0.337 e. The number of urea groups is 1. The topological polar surface area (TPSA) is 79.5 Å². The van der Waals surface area contributed by atoms with E-state index < -0.39 is 0 Å². The molecule has 2 aliphatic rings. The van der Waals surface area contributed by atoms with Crippen LogP contribution in [0, 0.1) is 5.92 Å². The molecule has 0 N–H and O–H groups in total. The molecule has 154 valence electrons. The summed E-state index contributed by atoms with van der Waals surface area (Å²) in [6.45, 7) is 4.79. The van der Waals surface area contributed by atoms with Crippen LogP contribution in [0.3, 0.4) is 0 Å². The van der Waals surface area contributed by atoms with E-state index >= 15 is 0 Å². The molecule has 2 heterocycles. The van der Waals surface area contributed by atoms with Gasteiger partial charge < -0.3 is 9.42 Å². The highest BCUT2D eigenvalue weighted by molar-refractivity contribution is 5.98. The zero-order chi connectivity index (χ0) is 20.4. The fraction of sp³-hybridized carbons (Fsp3) is 0.545. The molecule has 0 bridgehead atoms. The van der Waals surface area contributed by atoms with Gasteiger partial charge in [-0.25, -0.2) is 4.79 Å². The summed E-state index contributed by atoms with van der Waals surface area (Å²) in [5, 5.41) is 4.10. The maximum Gasteiger partial charge on any atom is 0.327 e. The van der Waals surface area contributed by atoms with Gasteiger partial charge in [-0.1, -0.05) is 56.1 Å². The van der Waals surface area contributed by atoms with Gasteiger partial charge in [0.25, 0.3) is 0 Å². The highest BCUT2D eigenvalue weighted by Crippen LogP contribution is 2.35. The number of imide groups is 1. The number of benzene rings is 1. The van der Waals surface area contributed by atoms with Crippen molar-refractivity contribution < 1.29 is 14.1 Å². The molecule has 7 nitrogen and oxygen atoms in total. The predicted molar refractivity (Wildman–Crippen MR) is 108 cm³/mol. The third-order valence-corrected chi connectivity index (χ3v) is 6.03. The second-order valence-corrected chi connectivity index (χ2v) is 7.92. The van der Waals surface area contributed by atoms with Crippen molar-refractivity contribution in [2.45, 2.75) is 65.0 Å². The van der Waals surface area contributed by atoms with E-state index in [1.807, 2.05) is 19.1 Å². The van der Waals surface area contributed by atoms with E-state index in [0.717, 1.165) is 44.1 Å². The lowest BCUT2D eigenvalue weighted by atomic mass is 9.81. The molecule has 1 aliphatic heterocycles. The number of fused-ring (bicyclic) bond motifs is 1. The van der Waals surface area contributed by atoms with Crippen molar-refractivity contribution >= 4 is 11.9 Å². The van der Waals surface area contributed by atoms with E-state index in [9.17, 15) is 9.59 Å². The fourth-order valence-corrected chi connectivity index (χ4v) is 4.45. The minimum Gasteiger partial charge on any atom is -0.337 e. The summed E-state index contributed by atoms with van der Waals surface area (Å²) in [5.41, 5.74) is 2.14. The third kappa shape index (κ3) is 3.78. The van der Waals surface area contributed by atoms with Crippen LogP contribution in [0.25, 0.3) is 11.4 Å². The number of carbonyl (C=O) groups excluding carboxylic acids is 2. The van der Waals surface area contributed by atoms with E-state index in [4.69, 9.17) is 4.52 Å². The summed E-state index contributed by atoms with van der Waals surface area (Å²) >= 11 is 0. The summed E-state index contributed by atoms with van der Waals surface area (Å²) in [4.78, 5) is 33.6. The number of rotatable bonds is 6. The molecule has 2 fully saturated rings. The molecule has 1 aliphatic carbocycles. The Hall–Kier alpha value is -2.70. The Morgan fingerprint density at radius 3 is 2.59 bits per heavy atom. The fourth-order valence-electron chi connectivity index (χ4n) is 4.45. The Bertz CT molecular complexity index is 876. The predicted octanol–water partition coefficient (Wildman–Crippen LogP) is 4.03. The number of hydrogen-bond acceptors (Lipinski definition) is 5. The first-order chi connectivity index (χ1) is 14.1. The maximum absolute atomic E-state index is 13.1. The molecule has 7 heteroatoms. The molecule has 3 amide bonds. The van der Waals surface area contributed by atoms with Crippen molar-refractivity contribution in [3.63, 3.8) is 0 Å². The Balaban J connectivity index is 1.56. The van der Waals surface area contributed by atoms with Gasteiger partial charge in [-0.05, 0) is 31.2 Å². The first kappa shape index (κ1) is 19.6. The highest BCUT2D eigenvalue weighted by atomic mass is 16.5. The minimum absolute atomic E-state index is 0.0139. The van der Waals surface area contributed by atoms with E-state index in [0.29, 0.717) is 18.3 Å². The Morgan fingerprint density at radius 2 is 1.86 bits per heavy atom. The first-order valence-electron chi connectivity index (χ1n) is 10.7. The molecule has 2 atom stereocenters. The lowest BCUT2D eigenvalue weighted by molar-refractivity contribution is -0.141. The van der Waals surface area contributed by atoms with Gasteiger partial charge in [0, 0.05) is 18.2 Å². The summed E-state index contributed by atoms with van der Waals surface area (Å²) in [7, 11) is 0. The summed E-state index contributed by atoms with van der Waals surface area (Å²) in [6.07, 6.45) is 5.48. The Morgan fingerprint density at radius 1 is 1.10 bits per heavy atom. The maximum atomic E-state index is 13.1. The first-order valence-corrected chi connectivity index (χ1v) is 10.7. The molecule has 1 aromatic carbocycles. The lowest BCUT2D eigenvalue weighted by Crippen LogP contribution is -2.62. The summed E-state index contributed by atoms with van der Waals surface area (Å²) in [5.74, 6) is 0.800. The lowest BCUT2D eigenvalue weighted by Gasteiger charge is -2.46. The summed E-state index contributed by atoms with van der Waals surface area (Å²) < 4.78 is 5.47. The molecular formula is C22H28N4O3. The normalized spacial score (nSPS) is 22.1. The van der Waals surface area contributed by atoms with Gasteiger partial charge in [-0.2, -0.15) is 4.98 Å². The van der Waals surface area contributed by atoms with Crippen LogP contribution in [0.2, 0.25) is 0 Å². The van der Waals surface area contributed by atoms with Crippen LogP contribution in [0.15, 0.2) is 28.8 Å². The molecule has 29 heavy (non-hydrogen) atoms. The molecule has 0 radical (unpaired) electrons. The third-order valence-electron chi connectivity index (χ3n) is 6.03. The molecule has 1 aromatic heterocycles. The molecular weight excluding hydrogens is 368 g/mol. The van der Waals surface area contributed by atoms with Crippen LogP contribution < -0.4 is 0 Å². The van der Waals surface area contributed by atoms with Crippen LogP contribution in [0.5, 0.6) is 0 Å². The number of amides is 3. The number of aromatic nitrogens is 2. The van der Waals surface area contributed by atoms with Crippen molar-refractivity contribution in [2.24, 2.45) is 5.92 Å². The number of aryl methyl sites for hydroxylation is 1. The minimum atomic E-state index is -0.230. The molecule has 1 saturated heterocycles. The van der Waals surface area contributed by atoms with Crippen molar-refractivity contribution in [1.29, 1.82) is 0 Å². The van der Waals surface area contributed by atoms with Crippen LogP contribution in [0.4, 0.5) is 4.79 Å². The molecule has 2 unspecified atom stereocenters. The van der Waals surface area contributed by atoms with Crippen LogP contribution in [-0.2, 0) is 17.8 Å². The van der Waals surface area contributed by atoms with Gasteiger partial charge in [0.2, 0.25) is 17.6 Å². The summed E-state index contributed by atoms with van der Waals surface area (Å²) in [6, 6.07) is 7.78. The van der Waals surface area contributed by atoms with E-state index in [1.165, 1.54) is 10.5 Å². The molecule has 2 aromatic rings. The van der Waals surface area contributed by atoms with E-state index in [1.54, 1.807) is 4.90 Å². The average Bonchev–Trinajstić information content (AvgIpc) is 3.23. The van der Waals surface area contributed by atoms with E-state index in [-0.39, 0.29) is 30.4 Å². The second-order valence-electron chi connectivity index (χ2n) is 7.92. The van der Waals surface area contributed by atoms with Crippen molar-refractivity contribution in [2.75, 3.05) is 6.54 Å². The Kier molecular flexibility index (Phi) is 5.65. The van der Waals surface area contributed by atoms with Crippen molar-refractivity contribution in [3.05, 3.63) is 35.7 Å². The molecule has 1 saturated carbocycles. The zero-order valence-corrected chi connectivity index (χ0v) is 17.1. The zero-order valence-electron chi connectivity index (χ0n) is 17.1. The number of hydrogen-bond donors (Lipinski definition) is 0. The van der Waals surface area contributed by atoms with Crippen LogP contribution in [-0.4, -0.2) is 44.5 Å². The average molecular weight is 396 g/mol. The number of carbonyl (C=O) groups is 2. The monoisotopic (exact) mass is 396 g/mol. The van der Waals surface area contributed by atoms with Gasteiger partial charge in [-0.15, -0.1) is 0 Å². The van der Waals surface area contributed by atoms with E-state index in [2.05, 4.69) is 29.2 Å². The SMILES string of the molecule is CCCN1C(=O)C2CCCCC2N(Cc2nc(-c3ccc(CC)cc3)no2)C1=O. The quantitative estimate of drug-likeness (QED) is 0.736. The van der Waals surface area contributed by atoms with Crippen LogP contribution >= 0.6 is 0 Å². The Labute approximate surface area is 171 Å². The van der Waals surface area contributed by atoms with Gasteiger partial charge in [0.05, 0.1) is 5.92 Å². The number of nitrogens with zero attached hydrogens (tertiary/aromatic N) is 4. The molecule has 4 rings (SSSR count). The van der Waals surface area contributed by atoms with Crippen molar-refractivity contribution in [3.8, 4) is 11.4 Å². The smallest absolute Gasteiger partial charge is 0.327 e. The second kappa shape index (κ2) is 8.35. The van der Waals surface area contributed by atoms with Crippen LogP contribution in [0.1, 0.15) is 57.4 Å². The van der Waals surface area contributed by atoms with Gasteiger partial charge in [0.15, 0.2) is 0 Å². The highest BCUT2D eigenvalue weighted by Gasteiger charge is 2.47. The van der Waals surface area contributed by atoms with Gasteiger partial charge >= 0.3 is 6.03 Å².